The highest BCUT2D eigenvalue weighted by molar-refractivity contribution is 5.74. The summed E-state index contributed by atoms with van der Waals surface area (Å²) in [6.45, 7) is 10.4. The second-order valence-corrected chi connectivity index (χ2v) is 7.46. The molecule has 1 aromatic rings. The average molecular weight is 323 g/mol. The molecule has 0 aliphatic carbocycles. The van der Waals surface area contributed by atoms with Crippen molar-refractivity contribution in [2.75, 3.05) is 19.7 Å². The van der Waals surface area contributed by atoms with Gasteiger partial charge in [0.2, 0.25) is 5.91 Å². The van der Waals surface area contributed by atoms with Gasteiger partial charge in [0.25, 0.3) is 5.89 Å². The Bertz CT molecular complexity index is 560. The van der Waals surface area contributed by atoms with Gasteiger partial charge in [-0.1, -0.05) is 25.9 Å². The van der Waals surface area contributed by atoms with Gasteiger partial charge < -0.3 is 18.9 Å². The Balaban J connectivity index is 1.53. The lowest BCUT2D eigenvalue weighted by Gasteiger charge is -2.37. The molecule has 0 saturated carbocycles. The monoisotopic (exact) mass is 323 g/mol. The van der Waals surface area contributed by atoms with E-state index in [1.165, 1.54) is 0 Å². The molecule has 7 heteroatoms. The molecule has 0 radical (unpaired) electrons. The fourth-order valence-electron chi connectivity index (χ4n) is 3.17. The first-order valence-corrected chi connectivity index (χ1v) is 8.16. The second-order valence-electron chi connectivity index (χ2n) is 7.46. The second kappa shape index (κ2) is 6.20. The summed E-state index contributed by atoms with van der Waals surface area (Å²) in [7, 11) is 0. The van der Waals surface area contributed by atoms with Crippen LogP contribution in [0.25, 0.3) is 0 Å². The fourth-order valence-corrected chi connectivity index (χ4v) is 3.17. The maximum Gasteiger partial charge on any atom is 0.252 e. The van der Waals surface area contributed by atoms with Gasteiger partial charge in [-0.3, -0.25) is 4.79 Å². The van der Waals surface area contributed by atoms with E-state index < -0.39 is 0 Å². The summed E-state index contributed by atoms with van der Waals surface area (Å²) in [6, 6.07) is 0. The minimum absolute atomic E-state index is 0.0422. The third kappa shape index (κ3) is 3.55. The van der Waals surface area contributed by atoms with Crippen LogP contribution in [0.3, 0.4) is 0 Å². The van der Waals surface area contributed by atoms with E-state index in [-0.39, 0.29) is 36.1 Å². The molecule has 1 amide bonds. The lowest BCUT2D eigenvalue weighted by molar-refractivity contribution is -0.144. The number of hydrogen-bond acceptors (Lipinski definition) is 6. The van der Waals surface area contributed by atoms with Crippen LogP contribution in [0, 0.1) is 5.41 Å². The van der Waals surface area contributed by atoms with Crippen LogP contribution >= 0.6 is 0 Å². The molecule has 3 heterocycles. The Hall–Kier alpha value is -1.47. The van der Waals surface area contributed by atoms with Gasteiger partial charge in [0.05, 0.1) is 18.1 Å². The van der Waals surface area contributed by atoms with E-state index in [9.17, 15) is 4.79 Å². The number of carbonyl (C=O) groups excluding carboxylic acids is 1. The number of ether oxygens (including phenoxy) is 2. The highest BCUT2D eigenvalue weighted by Gasteiger charge is 2.40. The number of aromatic nitrogens is 2. The van der Waals surface area contributed by atoms with E-state index in [4.69, 9.17) is 14.0 Å². The number of nitrogens with zero attached hydrogens (tertiary/aromatic N) is 3. The molecule has 0 unspecified atom stereocenters. The normalized spacial score (nSPS) is 25.7. The van der Waals surface area contributed by atoms with Crippen molar-refractivity contribution < 1.29 is 18.8 Å². The molecule has 2 atom stereocenters. The Labute approximate surface area is 136 Å². The molecule has 0 N–H and O–H groups in total. The predicted octanol–water partition coefficient (Wildman–Crippen LogP) is 1.74. The van der Waals surface area contributed by atoms with E-state index in [1.54, 1.807) is 11.8 Å². The Morgan fingerprint density at radius 2 is 2.13 bits per heavy atom. The quantitative estimate of drug-likeness (QED) is 0.840. The highest BCUT2D eigenvalue weighted by atomic mass is 16.5. The molecule has 2 aliphatic heterocycles. The van der Waals surface area contributed by atoms with Crippen LogP contribution in [0.15, 0.2) is 4.52 Å². The molecule has 2 fully saturated rings. The molecule has 0 spiro atoms. The van der Waals surface area contributed by atoms with Crippen molar-refractivity contribution in [3.8, 4) is 0 Å². The van der Waals surface area contributed by atoms with Crippen LogP contribution in [0.1, 0.15) is 51.7 Å². The van der Waals surface area contributed by atoms with Crippen molar-refractivity contribution in [2.45, 2.75) is 58.8 Å². The van der Waals surface area contributed by atoms with Gasteiger partial charge in [0.1, 0.15) is 6.61 Å². The Morgan fingerprint density at radius 1 is 1.39 bits per heavy atom. The van der Waals surface area contributed by atoms with E-state index in [0.717, 1.165) is 13.0 Å². The summed E-state index contributed by atoms with van der Waals surface area (Å²) in [6.07, 6.45) is 1.08. The summed E-state index contributed by atoms with van der Waals surface area (Å²) in [5.41, 5.74) is 0.0422. The molecular formula is C16H25N3O4. The first-order valence-electron chi connectivity index (χ1n) is 8.16. The van der Waals surface area contributed by atoms with Crippen molar-refractivity contribution in [2.24, 2.45) is 5.41 Å². The number of hydrogen-bond donors (Lipinski definition) is 0. The highest BCUT2D eigenvalue weighted by Crippen LogP contribution is 2.39. The molecule has 128 valence electrons. The van der Waals surface area contributed by atoms with Gasteiger partial charge in [-0.05, 0) is 11.8 Å². The van der Waals surface area contributed by atoms with E-state index in [1.807, 2.05) is 0 Å². The standard InChI is InChI=1S/C16H25N3O4/c1-10(20)19-7-11(8-19)22-9-13-17-15(18-23-13)12-5-6-21-14(12)16(2,3)4/h11-12,14H,5-9H2,1-4H3/t12-,14-/m1/s1. The van der Waals surface area contributed by atoms with Crippen molar-refractivity contribution in [3.63, 3.8) is 0 Å². The molecule has 0 aromatic carbocycles. The van der Waals surface area contributed by atoms with Gasteiger partial charge in [-0.25, -0.2) is 0 Å². The maximum atomic E-state index is 11.1. The number of amides is 1. The van der Waals surface area contributed by atoms with Crippen LogP contribution in [0.5, 0.6) is 0 Å². The van der Waals surface area contributed by atoms with Gasteiger partial charge in [-0.2, -0.15) is 4.98 Å². The summed E-state index contributed by atoms with van der Waals surface area (Å²) in [4.78, 5) is 17.3. The molecule has 3 rings (SSSR count). The maximum absolute atomic E-state index is 11.1. The van der Waals surface area contributed by atoms with Crippen molar-refractivity contribution in [1.82, 2.24) is 15.0 Å². The van der Waals surface area contributed by atoms with Crippen LogP contribution in [0.4, 0.5) is 0 Å². The largest absolute Gasteiger partial charge is 0.377 e. The topological polar surface area (TPSA) is 77.7 Å². The summed E-state index contributed by atoms with van der Waals surface area (Å²) < 4.78 is 16.9. The van der Waals surface area contributed by atoms with Crippen LogP contribution in [-0.4, -0.2) is 52.9 Å². The van der Waals surface area contributed by atoms with Gasteiger partial charge in [0, 0.05) is 26.6 Å². The molecule has 7 nitrogen and oxygen atoms in total. The molecule has 2 saturated heterocycles. The molecule has 2 aliphatic rings. The van der Waals surface area contributed by atoms with Crippen molar-refractivity contribution >= 4 is 5.91 Å². The lowest BCUT2D eigenvalue weighted by atomic mass is 9.81. The summed E-state index contributed by atoms with van der Waals surface area (Å²) >= 11 is 0. The van der Waals surface area contributed by atoms with Crippen LogP contribution < -0.4 is 0 Å². The molecule has 1 aromatic heterocycles. The van der Waals surface area contributed by atoms with E-state index in [0.29, 0.717) is 24.8 Å². The third-order valence-electron chi connectivity index (χ3n) is 4.50. The number of rotatable bonds is 4. The zero-order chi connectivity index (χ0) is 16.6. The lowest BCUT2D eigenvalue weighted by Crippen LogP contribution is -2.53. The molecule has 23 heavy (non-hydrogen) atoms. The first-order chi connectivity index (χ1) is 10.8. The smallest absolute Gasteiger partial charge is 0.252 e. The Kier molecular flexibility index (Phi) is 4.42. The fraction of sp³-hybridized carbons (Fsp3) is 0.812. The Morgan fingerprint density at radius 3 is 2.78 bits per heavy atom. The van der Waals surface area contributed by atoms with Gasteiger partial charge >= 0.3 is 0 Å². The predicted molar refractivity (Wildman–Crippen MR) is 81.7 cm³/mol. The van der Waals surface area contributed by atoms with Crippen molar-refractivity contribution in [1.29, 1.82) is 0 Å². The van der Waals surface area contributed by atoms with E-state index >= 15 is 0 Å². The number of likely N-dealkylation sites (tertiary alicyclic amines) is 1. The SMILES string of the molecule is CC(=O)N1CC(OCc2nc([C@@H]3CCO[C@H]3C(C)(C)C)no2)C1. The average Bonchev–Trinajstić information content (AvgIpc) is 3.03. The molecule has 0 bridgehead atoms. The van der Waals surface area contributed by atoms with Gasteiger partial charge in [0.15, 0.2) is 5.82 Å². The zero-order valence-electron chi connectivity index (χ0n) is 14.2. The zero-order valence-corrected chi connectivity index (χ0v) is 14.2. The molecular weight excluding hydrogens is 298 g/mol. The summed E-state index contributed by atoms with van der Waals surface area (Å²) in [5.74, 6) is 1.45. The van der Waals surface area contributed by atoms with Crippen LogP contribution in [0.2, 0.25) is 0 Å². The van der Waals surface area contributed by atoms with Crippen molar-refractivity contribution in [3.05, 3.63) is 11.7 Å². The minimum Gasteiger partial charge on any atom is -0.377 e. The number of carbonyl (C=O) groups is 1. The van der Waals surface area contributed by atoms with Crippen LogP contribution in [-0.2, 0) is 20.9 Å². The first kappa shape index (κ1) is 16.4. The van der Waals surface area contributed by atoms with E-state index in [2.05, 4.69) is 30.9 Å². The summed E-state index contributed by atoms with van der Waals surface area (Å²) in [5, 5.41) is 4.12. The third-order valence-corrected chi connectivity index (χ3v) is 4.50. The minimum atomic E-state index is 0.0422. The van der Waals surface area contributed by atoms with Gasteiger partial charge in [-0.15, -0.1) is 0 Å².